The first-order chi connectivity index (χ1) is 14.3. The second kappa shape index (κ2) is 7.85. The highest BCUT2D eigenvalue weighted by Crippen LogP contribution is 2.37. The van der Waals surface area contributed by atoms with Crippen molar-refractivity contribution < 1.29 is 15.0 Å². The van der Waals surface area contributed by atoms with Crippen LogP contribution in [0, 0.1) is 5.92 Å². The number of nitrogens with zero attached hydrogens (tertiary/aromatic N) is 4. The number of carbonyl (C=O) groups is 1. The molecule has 4 rings (SSSR count). The molecule has 1 fully saturated rings. The number of anilines is 1. The molecule has 0 radical (unpaired) electrons. The van der Waals surface area contributed by atoms with E-state index < -0.39 is 17.6 Å². The van der Waals surface area contributed by atoms with Crippen molar-refractivity contribution in [2.75, 3.05) is 11.5 Å². The minimum Gasteiger partial charge on any atom is -0.396 e. The van der Waals surface area contributed by atoms with Crippen molar-refractivity contribution in [3.63, 3.8) is 0 Å². The van der Waals surface area contributed by atoms with Gasteiger partial charge in [-0.25, -0.2) is 0 Å². The van der Waals surface area contributed by atoms with Crippen LogP contribution in [0.5, 0.6) is 0 Å². The zero-order chi connectivity index (χ0) is 21.5. The molecule has 1 amide bonds. The number of aliphatic hydroxyl groups excluding tert-OH is 1. The summed E-state index contributed by atoms with van der Waals surface area (Å²) in [5, 5.41) is 25.9. The number of benzene rings is 1. The van der Waals surface area contributed by atoms with E-state index in [9.17, 15) is 15.0 Å². The molecule has 1 saturated carbocycles. The number of hydrogen-bond donors (Lipinski definition) is 3. The number of carbonyl (C=O) groups excluding carboxylic acids is 1. The summed E-state index contributed by atoms with van der Waals surface area (Å²) in [5.74, 6) is -0.126. The van der Waals surface area contributed by atoms with Gasteiger partial charge in [-0.15, -0.1) is 0 Å². The summed E-state index contributed by atoms with van der Waals surface area (Å²) in [7, 11) is 0. The van der Waals surface area contributed by atoms with Gasteiger partial charge in [0.25, 0.3) is 0 Å². The predicted molar refractivity (Wildman–Crippen MR) is 116 cm³/mol. The number of primary amides is 1. The van der Waals surface area contributed by atoms with Crippen molar-refractivity contribution in [1.82, 2.24) is 9.78 Å². The first-order valence-corrected chi connectivity index (χ1v) is 10.4. The molecule has 1 aliphatic carbocycles. The number of hydrogen-bond acceptors (Lipinski definition) is 6. The fourth-order valence-electron chi connectivity index (χ4n) is 4.41. The maximum atomic E-state index is 12.0. The molecule has 0 spiro atoms. The molecule has 1 aliphatic heterocycles. The van der Waals surface area contributed by atoms with E-state index in [0.29, 0.717) is 23.2 Å². The lowest BCUT2D eigenvalue weighted by atomic mass is 9.87. The molecule has 8 nitrogen and oxygen atoms in total. The van der Waals surface area contributed by atoms with Crippen LogP contribution in [0.1, 0.15) is 51.1 Å². The summed E-state index contributed by atoms with van der Waals surface area (Å²) in [6.07, 6.45) is 10.8. The molecule has 0 saturated heterocycles. The monoisotopic (exact) mass is 411 g/mol. The minimum atomic E-state index is -1.14. The smallest absolute Gasteiger partial charge is 0.246 e. The lowest BCUT2D eigenvalue weighted by molar-refractivity contribution is -0.117. The Kier molecular flexibility index (Phi) is 5.38. The van der Waals surface area contributed by atoms with Crippen molar-refractivity contribution in [2.24, 2.45) is 16.6 Å². The molecular formula is C22H29N5O3. The van der Waals surface area contributed by atoms with Gasteiger partial charge in [0.1, 0.15) is 6.04 Å². The van der Waals surface area contributed by atoms with Gasteiger partial charge >= 0.3 is 0 Å². The van der Waals surface area contributed by atoms with Crippen LogP contribution in [0.4, 0.5) is 5.69 Å². The molecule has 8 heteroatoms. The number of fused-ring (bicyclic) bond motifs is 1. The predicted octanol–water partition coefficient (Wildman–Crippen LogP) is 2.20. The molecule has 1 atom stereocenters. The van der Waals surface area contributed by atoms with Crippen molar-refractivity contribution in [3.8, 4) is 0 Å². The van der Waals surface area contributed by atoms with Crippen molar-refractivity contribution >= 4 is 28.7 Å². The zero-order valence-corrected chi connectivity index (χ0v) is 17.4. The third-order valence-electron chi connectivity index (χ3n) is 6.16. The van der Waals surface area contributed by atoms with Gasteiger partial charge in [-0.1, -0.05) is 0 Å². The normalized spacial score (nSPS) is 24.5. The molecule has 2 aliphatic rings. The van der Waals surface area contributed by atoms with Crippen LogP contribution >= 0.6 is 0 Å². The Hall–Kier alpha value is -2.71. The summed E-state index contributed by atoms with van der Waals surface area (Å²) in [6.45, 7) is 3.68. The second-order valence-corrected chi connectivity index (χ2v) is 8.80. The lowest BCUT2D eigenvalue weighted by Crippen LogP contribution is -2.45. The summed E-state index contributed by atoms with van der Waals surface area (Å²) in [5.41, 5.74) is 6.60. The minimum absolute atomic E-state index is 0.250. The van der Waals surface area contributed by atoms with Gasteiger partial charge < -0.3 is 20.8 Å². The Balaban J connectivity index is 1.75. The molecule has 160 valence electrons. The van der Waals surface area contributed by atoms with Crippen molar-refractivity contribution in [2.45, 2.75) is 57.2 Å². The Morgan fingerprint density at radius 2 is 2.00 bits per heavy atom. The fraction of sp³-hybridized carbons (Fsp3) is 0.500. The number of nitrogens with two attached hydrogens (primary N) is 1. The van der Waals surface area contributed by atoms with E-state index in [4.69, 9.17) is 10.8 Å². The molecule has 4 N–H and O–H groups in total. The third-order valence-corrected chi connectivity index (χ3v) is 6.16. The topological polar surface area (TPSA) is 117 Å². The van der Waals surface area contributed by atoms with Gasteiger partial charge in [0.15, 0.2) is 0 Å². The Morgan fingerprint density at radius 3 is 2.63 bits per heavy atom. The highest BCUT2D eigenvalue weighted by Gasteiger charge is 2.30. The van der Waals surface area contributed by atoms with Gasteiger partial charge in [0.2, 0.25) is 5.91 Å². The van der Waals surface area contributed by atoms with Crippen LogP contribution in [-0.2, 0) is 10.4 Å². The summed E-state index contributed by atoms with van der Waals surface area (Å²) in [6, 6.07) is 3.41. The van der Waals surface area contributed by atoms with E-state index in [1.807, 2.05) is 23.0 Å². The Bertz CT molecular complexity index is 996. The maximum absolute atomic E-state index is 12.0. The van der Waals surface area contributed by atoms with Gasteiger partial charge in [0.05, 0.1) is 17.2 Å². The van der Waals surface area contributed by atoms with E-state index in [1.54, 1.807) is 31.1 Å². The second-order valence-electron chi connectivity index (χ2n) is 8.80. The number of aliphatic hydroxyl groups is 2. The molecule has 2 heterocycles. The van der Waals surface area contributed by atoms with Crippen LogP contribution in [0.2, 0.25) is 0 Å². The summed E-state index contributed by atoms with van der Waals surface area (Å²) < 4.78 is 2.01. The van der Waals surface area contributed by atoms with Gasteiger partial charge in [-0.05, 0) is 57.6 Å². The zero-order valence-electron chi connectivity index (χ0n) is 17.4. The van der Waals surface area contributed by atoms with E-state index in [-0.39, 0.29) is 6.61 Å². The Labute approximate surface area is 175 Å². The summed E-state index contributed by atoms with van der Waals surface area (Å²) in [4.78, 5) is 17.8. The van der Waals surface area contributed by atoms with E-state index >= 15 is 0 Å². The van der Waals surface area contributed by atoms with E-state index in [0.717, 1.165) is 36.6 Å². The van der Waals surface area contributed by atoms with Crippen LogP contribution in [-0.4, -0.2) is 44.8 Å². The average molecular weight is 412 g/mol. The standard InChI is InChI=1S/C22H29N5O3/c1-22(2,30)17-10-18-15(9-19(17)26-8-7-24-11-20(26)21(23)29)12-27(25-18)16-5-3-14(13-28)4-6-16/h7-12,14,16,20,28,30H,3-6,13H2,1-2H3,(H2,23,29). The lowest BCUT2D eigenvalue weighted by Gasteiger charge is -2.32. The highest BCUT2D eigenvalue weighted by molar-refractivity contribution is 6.02. The Morgan fingerprint density at radius 1 is 1.27 bits per heavy atom. The van der Waals surface area contributed by atoms with E-state index in [2.05, 4.69) is 4.99 Å². The molecule has 1 aromatic carbocycles. The number of aliphatic imine (C=N–C) groups is 1. The van der Waals surface area contributed by atoms with Crippen LogP contribution in [0.3, 0.4) is 0 Å². The molecule has 2 aromatic rings. The van der Waals surface area contributed by atoms with Gasteiger partial charge in [-0.3, -0.25) is 14.5 Å². The summed E-state index contributed by atoms with van der Waals surface area (Å²) >= 11 is 0. The van der Waals surface area contributed by atoms with Crippen LogP contribution in [0.15, 0.2) is 35.7 Å². The first-order valence-electron chi connectivity index (χ1n) is 10.4. The number of aromatic nitrogens is 2. The third kappa shape index (κ3) is 3.85. The maximum Gasteiger partial charge on any atom is 0.246 e. The molecule has 1 unspecified atom stereocenters. The molecule has 30 heavy (non-hydrogen) atoms. The van der Waals surface area contributed by atoms with Crippen molar-refractivity contribution in [1.29, 1.82) is 0 Å². The quantitative estimate of drug-likeness (QED) is 0.697. The fourth-order valence-corrected chi connectivity index (χ4v) is 4.41. The van der Waals surface area contributed by atoms with Crippen LogP contribution in [0.25, 0.3) is 10.9 Å². The SMILES string of the molecule is CC(C)(O)c1cc2nn(C3CCC(CO)CC3)cc2cc1N1C=CN=CC1C(N)=O. The molecular weight excluding hydrogens is 382 g/mol. The van der Waals surface area contributed by atoms with Crippen molar-refractivity contribution in [3.05, 3.63) is 36.3 Å². The average Bonchev–Trinajstić information content (AvgIpc) is 3.15. The van der Waals surface area contributed by atoms with Crippen LogP contribution < -0.4 is 10.6 Å². The highest BCUT2D eigenvalue weighted by atomic mass is 16.3. The van der Waals surface area contributed by atoms with Gasteiger partial charge in [-0.2, -0.15) is 5.10 Å². The van der Waals surface area contributed by atoms with E-state index in [1.165, 1.54) is 6.21 Å². The number of rotatable bonds is 5. The molecule has 1 aromatic heterocycles. The van der Waals surface area contributed by atoms with Gasteiger partial charge in [0, 0.05) is 48.1 Å². The largest absolute Gasteiger partial charge is 0.396 e. The molecule has 0 bridgehead atoms. The number of amides is 1. The first kappa shape index (κ1) is 20.6.